The molecule has 1 aliphatic rings. The summed E-state index contributed by atoms with van der Waals surface area (Å²) >= 11 is 7.80. The summed E-state index contributed by atoms with van der Waals surface area (Å²) in [6.07, 6.45) is 0. The third-order valence-electron chi connectivity index (χ3n) is 4.69. The highest BCUT2D eigenvalue weighted by Crippen LogP contribution is 2.36. The molecule has 0 bridgehead atoms. The number of carbonyl (C=O) groups excluding carboxylic acids is 1. The number of hydrogen-bond acceptors (Lipinski definition) is 5. The fourth-order valence-electron chi connectivity index (χ4n) is 3.30. The van der Waals surface area contributed by atoms with Crippen LogP contribution in [0.5, 0.6) is 0 Å². The lowest BCUT2D eigenvalue weighted by molar-refractivity contribution is -0.119. The molecule has 30 heavy (non-hydrogen) atoms. The molecule has 0 fully saturated rings. The lowest BCUT2D eigenvalue weighted by Gasteiger charge is -2.09. The average Bonchev–Trinajstić information content (AvgIpc) is 3.10. The Morgan fingerprint density at radius 1 is 1.17 bits per heavy atom. The van der Waals surface area contributed by atoms with E-state index in [9.17, 15) is 4.79 Å². The van der Waals surface area contributed by atoms with Crippen LogP contribution in [0.15, 0.2) is 29.3 Å². The molecule has 0 radical (unpaired) electrons. The van der Waals surface area contributed by atoms with Crippen molar-refractivity contribution < 1.29 is 4.79 Å². The highest BCUT2D eigenvalue weighted by Gasteiger charge is 2.26. The van der Waals surface area contributed by atoms with E-state index in [0.717, 1.165) is 32.9 Å². The van der Waals surface area contributed by atoms with Crippen molar-refractivity contribution in [3.05, 3.63) is 62.5 Å². The van der Waals surface area contributed by atoms with Crippen molar-refractivity contribution in [2.24, 2.45) is 4.99 Å². The Morgan fingerprint density at radius 3 is 2.40 bits per heavy atom. The molecule has 158 valence electrons. The van der Waals surface area contributed by atoms with E-state index >= 15 is 0 Å². The van der Waals surface area contributed by atoms with E-state index in [1.165, 1.54) is 22.9 Å². The molecule has 1 aromatic carbocycles. The topological polar surface area (TPSA) is 72.2 Å². The normalized spacial score (nSPS) is 12.3. The van der Waals surface area contributed by atoms with Gasteiger partial charge in [-0.1, -0.05) is 23.7 Å². The van der Waals surface area contributed by atoms with Gasteiger partial charge in [0.2, 0.25) is 5.91 Å². The van der Waals surface area contributed by atoms with Gasteiger partial charge in [-0.15, -0.1) is 21.5 Å². The van der Waals surface area contributed by atoms with Gasteiger partial charge in [0.1, 0.15) is 17.4 Å². The first-order chi connectivity index (χ1) is 14.2. The van der Waals surface area contributed by atoms with Gasteiger partial charge in [0.15, 0.2) is 5.82 Å². The summed E-state index contributed by atoms with van der Waals surface area (Å²) in [4.78, 5) is 16.3. The van der Waals surface area contributed by atoms with Crippen LogP contribution in [0.4, 0.5) is 0 Å². The van der Waals surface area contributed by atoms with Gasteiger partial charge in [0.05, 0.1) is 5.71 Å². The molecule has 6 nitrogen and oxygen atoms in total. The third-order valence-corrected chi connectivity index (χ3v) is 6.13. The third kappa shape index (κ3) is 4.63. The Kier molecular flexibility index (Phi) is 6.73. The SMILES string of the molecule is CC(=O)NC(C)C.Cc1sc2c(c1C)C(c1ccc(Cl)cc1)=NCc1nnc(C)n1-2. The molecule has 0 aliphatic carbocycles. The molecule has 1 N–H and O–H groups in total. The largest absolute Gasteiger partial charge is 0.354 e. The van der Waals surface area contributed by atoms with Crippen molar-refractivity contribution in [2.75, 3.05) is 0 Å². The first kappa shape index (κ1) is 22.2. The number of amides is 1. The minimum Gasteiger partial charge on any atom is -0.354 e. The van der Waals surface area contributed by atoms with Crippen molar-refractivity contribution in [1.82, 2.24) is 20.1 Å². The Morgan fingerprint density at radius 2 is 1.83 bits per heavy atom. The Hall–Kier alpha value is -2.51. The van der Waals surface area contributed by atoms with Gasteiger partial charge in [-0.25, -0.2) is 0 Å². The number of benzene rings is 1. The maximum absolute atomic E-state index is 10.1. The number of nitrogens with zero attached hydrogens (tertiary/aromatic N) is 4. The van der Waals surface area contributed by atoms with E-state index in [-0.39, 0.29) is 11.9 Å². The van der Waals surface area contributed by atoms with Gasteiger partial charge in [0.25, 0.3) is 0 Å². The number of carbonyl (C=O) groups is 1. The van der Waals surface area contributed by atoms with Crippen LogP contribution in [0.2, 0.25) is 5.02 Å². The van der Waals surface area contributed by atoms with Crippen LogP contribution in [0.3, 0.4) is 0 Å². The van der Waals surface area contributed by atoms with Crippen LogP contribution >= 0.6 is 22.9 Å². The first-order valence-corrected chi connectivity index (χ1v) is 11.0. The van der Waals surface area contributed by atoms with Gasteiger partial charge in [0, 0.05) is 34.0 Å². The van der Waals surface area contributed by atoms with Crippen molar-refractivity contribution in [3.63, 3.8) is 0 Å². The van der Waals surface area contributed by atoms with Crippen LogP contribution in [-0.2, 0) is 11.3 Å². The molecule has 0 atom stereocenters. The molecule has 8 heteroatoms. The highest BCUT2D eigenvalue weighted by molar-refractivity contribution is 7.15. The van der Waals surface area contributed by atoms with Gasteiger partial charge in [-0.3, -0.25) is 14.4 Å². The van der Waals surface area contributed by atoms with E-state index < -0.39 is 0 Å². The maximum atomic E-state index is 10.1. The van der Waals surface area contributed by atoms with E-state index in [1.54, 1.807) is 11.3 Å². The second-order valence-electron chi connectivity index (χ2n) is 7.49. The number of hydrogen-bond donors (Lipinski definition) is 1. The van der Waals surface area contributed by atoms with Gasteiger partial charge in [-0.2, -0.15) is 0 Å². The number of thiophene rings is 1. The summed E-state index contributed by atoms with van der Waals surface area (Å²) in [6, 6.07) is 8.14. The van der Waals surface area contributed by atoms with E-state index in [4.69, 9.17) is 16.6 Å². The number of rotatable bonds is 2. The maximum Gasteiger partial charge on any atom is 0.217 e. The fraction of sp³-hybridized carbons (Fsp3) is 0.364. The molecular formula is C22H26ClN5OS. The monoisotopic (exact) mass is 443 g/mol. The summed E-state index contributed by atoms with van der Waals surface area (Å²) in [5, 5.41) is 13.1. The zero-order chi connectivity index (χ0) is 22.0. The van der Waals surface area contributed by atoms with Gasteiger partial charge < -0.3 is 5.32 Å². The van der Waals surface area contributed by atoms with Crippen LogP contribution < -0.4 is 5.32 Å². The van der Waals surface area contributed by atoms with Gasteiger partial charge >= 0.3 is 0 Å². The lowest BCUT2D eigenvalue weighted by atomic mass is 10.00. The summed E-state index contributed by atoms with van der Waals surface area (Å²) in [7, 11) is 0. The van der Waals surface area contributed by atoms with Crippen molar-refractivity contribution >= 4 is 34.6 Å². The molecule has 0 saturated carbocycles. The second kappa shape index (κ2) is 9.10. The predicted molar refractivity (Wildman–Crippen MR) is 123 cm³/mol. The molecule has 4 rings (SSSR count). The zero-order valence-electron chi connectivity index (χ0n) is 18.1. The molecular weight excluding hydrogens is 418 g/mol. The molecule has 3 heterocycles. The number of aliphatic imine (C=N–C) groups is 1. The van der Waals surface area contributed by atoms with E-state index in [0.29, 0.717) is 6.54 Å². The number of nitrogens with one attached hydrogen (secondary N) is 1. The number of aryl methyl sites for hydroxylation is 2. The summed E-state index contributed by atoms with van der Waals surface area (Å²) in [5.74, 6) is 1.82. The second-order valence-corrected chi connectivity index (χ2v) is 9.13. The van der Waals surface area contributed by atoms with Crippen molar-refractivity contribution in [2.45, 2.75) is 54.1 Å². The molecule has 1 amide bonds. The molecule has 0 unspecified atom stereocenters. The average molecular weight is 444 g/mol. The smallest absolute Gasteiger partial charge is 0.217 e. The number of aromatic nitrogens is 3. The highest BCUT2D eigenvalue weighted by atomic mass is 35.5. The summed E-state index contributed by atoms with van der Waals surface area (Å²) in [6.45, 7) is 12.2. The Balaban J connectivity index is 0.000000318. The molecule has 2 aromatic heterocycles. The minimum atomic E-state index is 0.0370. The summed E-state index contributed by atoms with van der Waals surface area (Å²) < 4.78 is 2.13. The van der Waals surface area contributed by atoms with Crippen molar-refractivity contribution in [3.8, 4) is 5.00 Å². The first-order valence-electron chi connectivity index (χ1n) is 9.78. The Bertz CT molecular complexity index is 1100. The van der Waals surface area contributed by atoms with Crippen molar-refractivity contribution in [1.29, 1.82) is 0 Å². The summed E-state index contributed by atoms with van der Waals surface area (Å²) in [5.41, 5.74) is 4.52. The quantitative estimate of drug-likeness (QED) is 0.618. The molecule has 3 aromatic rings. The standard InChI is InChI=1S/C17H15ClN4S.C5H11NO/c1-9-10(2)23-17-15(9)16(12-4-6-13(18)7-5-12)19-8-14-21-20-11(3)22(14)17;1-4(2)6-5(3)7/h4-7H,8H2,1-3H3;4H,1-3H3,(H,6,7). The van der Waals surface area contributed by atoms with Crippen LogP contribution in [0, 0.1) is 20.8 Å². The Labute approximate surface area is 186 Å². The van der Waals surface area contributed by atoms with Gasteiger partial charge in [-0.05, 0) is 52.3 Å². The molecule has 0 spiro atoms. The predicted octanol–water partition coefficient (Wildman–Crippen LogP) is 4.79. The van der Waals surface area contributed by atoms with Crippen LogP contribution in [-0.4, -0.2) is 32.4 Å². The molecule has 1 aliphatic heterocycles. The van der Waals surface area contributed by atoms with Crippen LogP contribution in [0.25, 0.3) is 5.00 Å². The number of halogens is 1. The fourth-order valence-corrected chi connectivity index (χ4v) is 4.65. The lowest BCUT2D eigenvalue weighted by Crippen LogP contribution is -2.27. The van der Waals surface area contributed by atoms with E-state index in [1.807, 2.05) is 45.0 Å². The zero-order valence-corrected chi connectivity index (χ0v) is 19.6. The van der Waals surface area contributed by atoms with E-state index in [2.05, 4.69) is 33.9 Å². The van der Waals surface area contributed by atoms with Crippen LogP contribution in [0.1, 0.15) is 54.0 Å². The minimum absolute atomic E-state index is 0.0370. The molecule has 0 saturated heterocycles. The number of fused-ring (bicyclic) bond motifs is 3.